The first-order valence-corrected chi connectivity index (χ1v) is 5.98. The number of carbonyl (C=O) groups is 3. The van der Waals surface area contributed by atoms with Crippen LogP contribution in [0.5, 0.6) is 0 Å². The number of hydrogen-bond donors (Lipinski definition) is 2. The summed E-state index contributed by atoms with van der Waals surface area (Å²) in [5, 5.41) is 5.17. The lowest BCUT2D eigenvalue weighted by atomic mass is 10.2. The number of furan rings is 1. The van der Waals surface area contributed by atoms with Gasteiger partial charge in [-0.05, 0) is 19.1 Å². The minimum Gasteiger partial charge on any atom is -0.459 e. The van der Waals surface area contributed by atoms with Gasteiger partial charge in [0.25, 0.3) is 5.91 Å². The highest BCUT2D eigenvalue weighted by atomic mass is 16.3. The normalized spacial score (nSPS) is 16.7. The smallest absolute Gasteiger partial charge is 0.287 e. The average Bonchev–Trinajstić information content (AvgIpc) is 2.91. The Morgan fingerprint density at radius 1 is 1.53 bits per heavy atom. The van der Waals surface area contributed by atoms with E-state index in [1.807, 2.05) is 0 Å². The SMILES string of the molecule is CC(NC(=O)c1ccco1)C(=O)N1CCNC(=O)C1. The molecular weight excluding hydrogens is 250 g/mol. The van der Waals surface area contributed by atoms with Gasteiger partial charge in [-0.1, -0.05) is 0 Å². The van der Waals surface area contributed by atoms with Crippen molar-refractivity contribution >= 4 is 17.7 Å². The van der Waals surface area contributed by atoms with E-state index in [1.165, 1.54) is 17.2 Å². The predicted molar refractivity (Wildman–Crippen MR) is 65.2 cm³/mol. The number of carbonyl (C=O) groups excluding carboxylic acids is 3. The largest absolute Gasteiger partial charge is 0.459 e. The molecule has 1 aliphatic heterocycles. The molecule has 2 rings (SSSR count). The molecule has 3 amide bonds. The summed E-state index contributed by atoms with van der Waals surface area (Å²) in [4.78, 5) is 36.4. The lowest BCUT2D eigenvalue weighted by Gasteiger charge is -2.29. The van der Waals surface area contributed by atoms with Gasteiger partial charge in [-0.15, -0.1) is 0 Å². The number of amides is 3. The molecule has 0 spiro atoms. The quantitative estimate of drug-likeness (QED) is 0.760. The van der Waals surface area contributed by atoms with E-state index in [1.54, 1.807) is 13.0 Å². The van der Waals surface area contributed by atoms with Crippen molar-refractivity contribution in [3.63, 3.8) is 0 Å². The van der Waals surface area contributed by atoms with Gasteiger partial charge in [0.15, 0.2) is 5.76 Å². The van der Waals surface area contributed by atoms with E-state index < -0.39 is 11.9 Å². The second kappa shape index (κ2) is 5.55. The van der Waals surface area contributed by atoms with E-state index in [-0.39, 0.29) is 24.1 Å². The number of piperazine rings is 1. The summed E-state index contributed by atoms with van der Waals surface area (Å²) in [6, 6.07) is 2.40. The summed E-state index contributed by atoms with van der Waals surface area (Å²) < 4.78 is 4.94. The second-order valence-electron chi connectivity index (χ2n) is 4.28. The van der Waals surface area contributed by atoms with E-state index in [9.17, 15) is 14.4 Å². The van der Waals surface area contributed by atoms with Crippen molar-refractivity contribution in [2.45, 2.75) is 13.0 Å². The van der Waals surface area contributed by atoms with Crippen LogP contribution in [-0.4, -0.2) is 48.3 Å². The molecule has 2 N–H and O–H groups in total. The first-order valence-electron chi connectivity index (χ1n) is 5.98. The summed E-state index contributed by atoms with van der Waals surface area (Å²) in [6.07, 6.45) is 1.39. The molecule has 1 saturated heterocycles. The Morgan fingerprint density at radius 3 is 2.95 bits per heavy atom. The zero-order valence-corrected chi connectivity index (χ0v) is 10.5. The van der Waals surface area contributed by atoms with Crippen LogP contribution in [0.1, 0.15) is 17.5 Å². The summed E-state index contributed by atoms with van der Waals surface area (Å²) >= 11 is 0. The van der Waals surface area contributed by atoms with E-state index in [0.717, 1.165) is 0 Å². The van der Waals surface area contributed by atoms with Gasteiger partial charge in [0.05, 0.1) is 12.8 Å². The average molecular weight is 265 g/mol. The van der Waals surface area contributed by atoms with Crippen molar-refractivity contribution in [1.82, 2.24) is 15.5 Å². The van der Waals surface area contributed by atoms with Crippen LogP contribution < -0.4 is 10.6 Å². The van der Waals surface area contributed by atoms with E-state index in [4.69, 9.17) is 4.42 Å². The van der Waals surface area contributed by atoms with Gasteiger partial charge in [0, 0.05) is 13.1 Å². The third-order valence-electron chi connectivity index (χ3n) is 2.81. The predicted octanol–water partition coefficient (Wildman–Crippen LogP) is -0.644. The maximum atomic E-state index is 12.0. The molecule has 7 nitrogen and oxygen atoms in total. The number of nitrogens with zero attached hydrogens (tertiary/aromatic N) is 1. The van der Waals surface area contributed by atoms with Crippen molar-refractivity contribution in [1.29, 1.82) is 0 Å². The minimum absolute atomic E-state index is 0.0276. The fourth-order valence-electron chi connectivity index (χ4n) is 1.84. The lowest BCUT2D eigenvalue weighted by Crippen LogP contribution is -2.55. The second-order valence-corrected chi connectivity index (χ2v) is 4.28. The molecular formula is C12H15N3O4. The molecule has 1 fully saturated rings. The Balaban J connectivity index is 1.92. The highest BCUT2D eigenvalue weighted by Crippen LogP contribution is 2.02. The first kappa shape index (κ1) is 13.1. The highest BCUT2D eigenvalue weighted by Gasteiger charge is 2.26. The molecule has 102 valence electrons. The van der Waals surface area contributed by atoms with E-state index in [2.05, 4.69) is 10.6 Å². The molecule has 0 saturated carbocycles. The summed E-state index contributed by atoms with van der Waals surface area (Å²) in [7, 11) is 0. The lowest BCUT2D eigenvalue weighted by molar-refractivity contribution is -0.139. The van der Waals surface area contributed by atoms with Gasteiger partial charge in [-0.3, -0.25) is 14.4 Å². The zero-order valence-electron chi connectivity index (χ0n) is 10.5. The molecule has 0 aliphatic carbocycles. The van der Waals surface area contributed by atoms with Crippen molar-refractivity contribution in [2.75, 3.05) is 19.6 Å². The molecule has 1 aliphatic rings. The summed E-state index contributed by atoms with van der Waals surface area (Å²) in [5.74, 6) is -0.776. The highest BCUT2D eigenvalue weighted by molar-refractivity contribution is 5.96. The molecule has 1 unspecified atom stereocenters. The van der Waals surface area contributed by atoms with Crippen LogP contribution in [-0.2, 0) is 9.59 Å². The van der Waals surface area contributed by atoms with Gasteiger partial charge >= 0.3 is 0 Å². The number of hydrogen-bond acceptors (Lipinski definition) is 4. The molecule has 1 aromatic heterocycles. The Hall–Kier alpha value is -2.31. The van der Waals surface area contributed by atoms with Crippen LogP contribution >= 0.6 is 0 Å². The zero-order chi connectivity index (χ0) is 13.8. The molecule has 0 aromatic carbocycles. The Bertz CT molecular complexity index is 483. The van der Waals surface area contributed by atoms with Gasteiger partial charge < -0.3 is 20.0 Å². The molecule has 1 aromatic rings. The third kappa shape index (κ3) is 3.12. The topological polar surface area (TPSA) is 91.7 Å². The molecule has 1 atom stereocenters. The van der Waals surface area contributed by atoms with Gasteiger partial charge in [0.2, 0.25) is 11.8 Å². The monoisotopic (exact) mass is 265 g/mol. The fraction of sp³-hybridized carbons (Fsp3) is 0.417. The van der Waals surface area contributed by atoms with Crippen LogP contribution in [0.2, 0.25) is 0 Å². The third-order valence-corrected chi connectivity index (χ3v) is 2.81. The first-order chi connectivity index (χ1) is 9.08. The Labute approximate surface area is 109 Å². The molecule has 0 bridgehead atoms. The van der Waals surface area contributed by atoms with Gasteiger partial charge in [0.1, 0.15) is 6.04 Å². The molecule has 0 radical (unpaired) electrons. The number of rotatable bonds is 3. The number of nitrogens with one attached hydrogen (secondary N) is 2. The van der Waals surface area contributed by atoms with Gasteiger partial charge in [-0.25, -0.2) is 0 Å². The molecule has 2 heterocycles. The van der Waals surface area contributed by atoms with Crippen molar-refractivity contribution < 1.29 is 18.8 Å². The maximum absolute atomic E-state index is 12.0. The van der Waals surface area contributed by atoms with Crippen molar-refractivity contribution in [2.24, 2.45) is 0 Å². The van der Waals surface area contributed by atoms with Crippen LogP contribution in [0, 0.1) is 0 Å². The van der Waals surface area contributed by atoms with Crippen molar-refractivity contribution in [3.8, 4) is 0 Å². The van der Waals surface area contributed by atoms with Crippen LogP contribution in [0.4, 0.5) is 0 Å². The van der Waals surface area contributed by atoms with Crippen molar-refractivity contribution in [3.05, 3.63) is 24.2 Å². The minimum atomic E-state index is -0.705. The summed E-state index contributed by atoms with van der Waals surface area (Å²) in [5.41, 5.74) is 0. The Kier molecular flexibility index (Phi) is 3.84. The summed E-state index contributed by atoms with van der Waals surface area (Å²) in [6.45, 7) is 2.49. The molecule has 19 heavy (non-hydrogen) atoms. The standard InChI is InChI=1S/C12H15N3O4/c1-8(14-11(17)9-3-2-6-19-9)12(18)15-5-4-13-10(16)7-15/h2-3,6,8H,4-5,7H2,1H3,(H,13,16)(H,14,17). The van der Waals surface area contributed by atoms with E-state index in [0.29, 0.717) is 13.1 Å². The van der Waals surface area contributed by atoms with Crippen LogP contribution in [0.25, 0.3) is 0 Å². The maximum Gasteiger partial charge on any atom is 0.287 e. The van der Waals surface area contributed by atoms with E-state index >= 15 is 0 Å². The fourth-order valence-corrected chi connectivity index (χ4v) is 1.84. The van der Waals surface area contributed by atoms with Crippen LogP contribution in [0.3, 0.4) is 0 Å². The Morgan fingerprint density at radius 2 is 2.32 bits per heavy atom. The van der Waals surface area contributed by atoms with Crippen LogP contribution in [0.15, 0.2) is 22.8 Å². The molecule has 7 heteroatoms. The van der Waals surface area contributed by atoms with Gasteiger partial charge in [-0.2, -0.15) is 0 Å².